The number of nitrogens with one attached hydrogen (secondary N) is 3. The lowest BCUT2D eigenvalue weighted by Gasteiger charge is -2.06. The van der Waals surface area contributed by atoms with Crippen LogP contribution in [0.5, 0.6) is 0 Å². The topological polar surface area (TPSA) is 104 Å². The highest BCUT2D eigenvalue weighted by atomic mass is 32.2. The molecule has 19 heavy (non-hydrogen) atoms. The van der Waals surface area contributed by atoms with E-state index in [2.05, 4.69) is 22.5 Å². The van der Waals surface area contributed by atoms with Gasteiger partial charge in [-0.15, -0.1) is 6.58 Å². The van der Waals surface area contributed by atoms with Crippen LogP contribution in [0.4, 0.5) is 0 Å². The fraction of sp³-hybridized carbons (Fsp3) is 0.455. The lowest BCUT2D eigenvalue weighted by molar-refractivity contribution is -0.127. The number of rotatable bonds is 8. The van der Waals surface area contributed by atoms with E-state index in [9.17, 15) is 19.2 Å². The summed E-state index contributed by atoms with van der Waals surface area (Å²) in [7, 11) is 0. The van der Waals surface area contributed by atoms with Gasteiger partial charge in [0.15, 0.2) is 5.12 Å². The highest BCUT2D eigenvalue weighted by Gasteiger charge is 2.08. The van der Waals surface area contributed by atoms with Crippen LogP contribution in [-0.2, 0) is 19.2 Å². The number of carbonyl (C=O) groups is 4. The minimum atomic E-state index is -0.477. The molecule has 0 aromatic carbocycles. The van der Waals surface area contributed by atoms with Gasteiger partial charge in [0.1, 0.15) is 0 Å². The highest BCUT2D eigenvalue weighted by Crippen LogP contribution is 1.98. The second kappa shape index (κ2) is 10.1. The first-order valence-corrected chi connectivity index (χ1v) is 6.48. The molecule has 106 valence electrons. The summed E-state index contributed by atoms with van der Waals surface area (Å²) < 4.78 is 0. The molecule has 0 aromatic rings. The Morgan fingerprint density at radius 2 is 1.53 bits per heavy atom. The van der Waals surface area contributed by atoms with Gasteiger partial charge in [0, 0.05) is 13.5 Å². The second-order valence-electron chi connectivity index (χ2n) is 3.43. The zero-order valence-corrected chi connectivity index (χ0v) is 11.5. The third kappa shape index (κ3) is 11.0. The molecule has 0 atom stereocenters. The quantitative estimate of drug-likeness (QED) is 0.486. The highest BCUT2D eigenvalue weighted by molar-refractivity contribution is 8.14. The number of hydrogen-bond donors (Lipinski definition) is 3. The van der Waals surface area contributed by atoms with Gasteiger partial charge < -0.3 is 16.0 Å². The van der Waals surface area contributed by atoms with Crippen molar-refractivity contribution in [2.75, 3.05) is 25.4 Å². The molecule has 0 aliphatic heterocycles. The molecule has 3 amide bonds. The summed E-state index contributed by atoms with van der Waals surface area (Å²) in [6, 6.07) is 0. The molecule has 0 saturated carbocycles. The Hall–Kier alpha value is -1.83. The van der Waals surface area contributed by atoms with E-state index in [4.69, 9.17) is 0 Å². The Morgan fingerprint density at radius 3 is 2.05 bits per heavy atom. The van der Waals surface area contributed by atoms with Gasteiger partial charge in [-0.05, 0) is 0 Å². The van der Waals surface area contributed by atoms with Gasteiger partial charge >= 0.3 is 0 Å². The van der Waals surface area contributed by atoms with Gasteiger partial charge in [-0.2, -0.15) is 0 Å². The lowest BCUT2D eigenvalue weighted by atomic mass is 10.5. The molecule has 0 aliphatic rings. The predicted molar refractivity (Wildman–Crippen MR) is 72.4 cm³/mol. The van der Waals surface area contributed by atoms with E-state index in [-0.39, 0.29) is 29.9 Å². The summed E-state index contributed by atoms with van der Waals surface area (Å²) in [4.78, 5) is 44.2. The molecule has 0 aliphatic carbocycles. The van der Waals surface area contributed by atoms with Crippen LogP contribution < -0.4 is 16.0 Å². The standard InChI is InChI=1S/C11H17N3O4S/c1-3-4-12-9(16)5-13-10(17)6-14-11(18)7-19-8(2)15/h3H,1,4-7H2,2H3,(H,12,16)(H,13,17)(H,14,18). The largest absolute Gasteiger partial charge is 0.351 e. The van der Waals surface area contributed by atoms with Crippen LogP contribution in [0, 0.1) is 0 Å². The summed E-state index contributed by atoms with van der Waals surface area (Å²) in [6.45, 7) is 4.72. The van der Waals surface area contributed by atoms with E-state index >= 15 is 0 Å². The molecule has 8 heteroatoms. The number of amides is 3. The second-order valence-corrected chi connectivity index (χ2v) is 4.58. The van der Waals surface area contributed by atoms with Crippen LogP contribution in [0.1, 0.15) is 6.92 Å². The Balaban J connectivity index is 3.69. The number of thioether (sulfide) groups is 1. The van der Waals surface area contributed by atoms with Crippen molar-refractivity contribution in [3.8, 4) is 0 Å². The maximum atomic E-state index is 11.3. The first kappa shape index (κ1) is 17.2. The van der Waals surface area contributed by atoms with E-state index in [0.29, 0.717) is 6.54 Å². The van der Waals surface area contributed by atoms with Crippen LogP contribution in [0.3, 0.4) is 0 Å². The molecular weight excluding hydrogens is 270 g/mol. The van der Waals surface area contributed by atoms with Gasteiger partial charge in [0.05, 0.1) is 18.8 Å². The van der Waals surface area contributed by atoms with Crippen molar-refractivity contribution < 1.29 is 19.2 Å². The molecule has 0 bridgehead atoms. The minimum Gasteiger partial charge on any atom is -0.351 e. The van der Waals surface area contributed by atoms with Crippen LogP contribution in [0.25, 0.3) is 0 Å². The maximum absolute atomic E-state index is 11.3. The third-order valence-corrected chi connectivity index (χ3v) is 2.56. The van der Waals surface area contributed by atoms with Crippen molar-refractivity contribution in [2.24, 2.45) is 0 Å². The molecule has 0 heterocycles. The zero-order valence-electron chi connectivity index (χ0n) is 10.7. The van der Waals surface area contributed by atoms with E-state index in [0.717, 1.165) is 11.8 Å². The van der Waals surface area contributed by atoms with E-state index in [1.54, 1.807) is 0 Å². The normalized spacial score (nSPS) is 9.32. The molecule has 0 spiro atoms. The van der Waals surface area contributed by atoms with Crippen LogP contribution in [0.2, 0.25) is 0 Å². The monoisotopic (exact) mass is 287 g/mol. The van der Waals surface area contributed by atoms with E-state index in [1.165, 1.54) is 13.0 Å². The average molecular weight is 287 g/mol. The van der Waals surface area contributed by atoms with Crippen molar-refractivity contribution in [1.82, 2.24) is 16.0 Å². The fourth-order valence-corrected chi connectivity index (χ4v) is 1.32. The first-order valence-electron chi connectivity index (χ1n) is 5.50. The van der Waals surface area contributed by atoms with Crippen LogP contribution in [-0.4, -0.2) is 48.2 Å². The van der Waals surface area contributed by atoms with Crippen molar-refractivity contribution in [2.45, 2.75) is 6.92 Å². The summed E-state index contributed by atoms with van der Waals surface area (Å²) in [5, 5.41) is 6.99. The first-order chi connectivity index (χ1) is 8.95. The molecule has 3 N–H and O–H groups in total. The minimum absolute atomic E-state index is 0.0254. The van der Waals surface area contributed by atoms with Crippen molar-refractivity contribution >= 4 is 34.6 Å². The van der Waals surface area contributed by atoms with Crippen LogP contribution in [0.15, 0.2) is 12.7 Å². The van der Waals surface area contributed by atoms with Crippen molar-refractivity contribution in [3.05, 3.63) is 12.7 Å². The summed E-state index contributed by atoms with van der Waals surface area (Å²) >= 11 is 0.862. The molecular formula is C11H17N3O4S. The third-order valence-electron chi connectivity index (χ3n) is 1.74. The Morgan fingerprint density at radius 1 is 1.00 bits per heavy atom. The van der Waals surface area contributed by atoms with Crippen LogP contribution >= 0.6 is 11.8 Å². The Bertz CT molecular complexity index is 371. The molecule has 0 unspecified atom stereocenters. The van der Waals surface area contributed by atoms with Gasteiger partial charge in [-0.1, -0.05) is 17.8 Å². The zero-order chi connectivity index (χ0) is 14.7. The number of carbonyl (C=O) groups excluding carboxylic acids is 4. The summed E-state index contributed by atoms with van der Waals surface area (Å²) in [5.41, 5.74) is 0. The van der Waals surface area contributed by atoms with Gasteiger partial charge in [0.2, 0.25) is 17.7 Å². The lowest BCUT2D eigenvalue weighted by Crippen LogP contribution is -2.42. The molecule has 0 rings (SSSR count). The van der Waals surface area contributed by atoms with E-state index < -0.39 is 11.8 Å². The maximum Gasteiger partial charge on any atom is 0.239 e. The van der Waals surface area contributed by atoms with E-state index in [1.807, 2.05) is 0 Å². The van der Waals surface area contributed by atoms with Gasteiger partial charge in [-0.3, -0.25) is 19.2 Å². The van der Waals surface area contributed by atoms with Crippen molar-refractivity contribution in [1.29, 1.82) is 0 Å². The molecule has 7 nitrogen and oxygen atoms in total. The van der Waals surface area contributed by atoms with Crippen molar-refractivity contribution in [3.63, 3.8) is 0 Å². The predicted octanol–water partition coefficient (Wildman–Crippen LogP) is -1.20. The molecule has 0 aromatic heterocycles. The van der Waals surface area contributed by atoms with Gasteiger partial charge in [0.25, 0.3) is 0 Å². The molecule has 0 fully saturated rings. The van der Waals surface area contributed by atoms with Gasteiger partial charge in [-0.25, -0.2) is 0 Å². The summed E-state index contributed by atoms with van der Waals surface area (Å²) in [6.07, 6.45) is 1.52. The molecule has 0 saturated heterocycles. The molecule has 0 radical (unpaired) electrons. The average Bonchev–Trinajstić information content (AvgIpc) is 2.37. The fourth-order valence-electron chi connectivity index (χ4n) is 0.887. The number of hydrogen-bond acceptors (Lipinski definition) is 5. The Labute approximate surface area is 115 Å². The SMILES string of the molecule is C=CCNC(=O)CNC(=O)CNC(=O)CSC(C)=O. The Kier molecular flexibility index (Phi) is 9.15. The smallest absolute Gasteiger partial charge is 0.239 e. The summed E-state index contributed by atoms with van der Waals surface area (Å²) in [5.74, 6) is -1.25.